The molecule has 1 aromatic rings. The molecule has 1 unspecified atom stereocenters. The summed E-state index contributed by atoms with van der Waals surface area (Å²) < 4.78 is 11.2. The highest BCUT2D eigenvalue weighted by Crippen LogP contribution is 2.34. The average molecular weight is 362 g/mol. The molecule has 1 atom stereocenters. The van der Waals surface area contributed by atoms with Gasteiger partial charge in [-0.05, 0) is 44.7 Å². The van der Waals surface area contributed by atoms with Crippen LogP contribution in [0.3, 0.4) is 0 Å². The average Bonchev–Trinajstić information content (AvgIpc) is 2.98. The van der Waals surface area contributed by atoms with Gasteiger partial charge in [-0.15, -0.1) is 0 Å². The zero-order valence-electron chi connectivity index (χ0n) is 15.2. The second kappa shape index (κ2) is 7.85. The molecular formula is C19H26N2O5. The first kappa shape index (κ1) is 18.4. The Morgan fingerprint density at radius 3 is 2.65 bits per heavy atom. The third kappa shape index (κ3) is 4.20. The van der Waals surface area contributed by atoms with Gasteiger partial charge in [0.25, 0.3) is 0 Å². The minimum absolute atomic E-state index is 0.0247. The van der Waals surface area contributed by atoms with Crippen molar-refractivity contribution in [2.45, 2.75) is 57.7 Å². The topological polar surface area (TPSA) is 96.9 Å². The maximum absolute atomic E-state index is 12.2. The van der Waals surface area contributed by atoms with Crippen molar-refractivity contribution >= 4 is 12.0 Å². The van der Waals surface area contributed by atoms with Gasteiger partial charge in [-0.1, -0.05) is 0 Å². The number of fused-ring (bicyclic) bond motifs is 1. The molecule has 1 fully saturated rings. The number of carboxylic acids is 1. The van der Waals surface area contributed by atoms with Crippen LogP contribution >= 0.6 is 0 Å². The highest BCUT2D eigenvalue weighted by atomic mass is 16.5. The van der Waals surface area contributed by atoms with Crippen molar-refractivity contribution in [1.29, 1.82) is 0 Å². The summed E-state index contributed by atoms with van der Waals surface area (Å²) in [6.45, 7) is 2.36. The predicted octanol–water partition coefficient (Wildman–Crippen LogP) is 2.46. The van der Waals surface area contributed by atoms with Gasteiger partial charge >= 0.3 is 12.0 Å². The summed E-state index contributed by atoms with van der Waals surface area (Å²) in [4.78, 5) is 23.2. The number of methoxy groups -OCH3 is 1. The Kier molecular flexibility index (Phi) is 5.54. The molecule has 7 heteroatoms. The van der Waals surface area contributed by atoms with Gasteiger partial charge in [0.2, 0.25) is 0 Å². The maximum Gasteiger partial charge on any atom is 0.315 e. The monoisotopic (exact) mass is 362 g/mol. The Bertz CT molecular complexity index is 683. The highest BCUT2D eigenvalue weighted by molar-refractivity contribution is 5.74. The maximum atomic E-state index is 12.2. The molecule has 7 nitrogen and oxygen atoms in total. The van der Waals surface area contributed by atoms with Crippen molar-refractivity contribution in [1.82, 2.24) is 10.6 Å². The number of amides is 2. The van der Waals surface area contributed by atoms with E-state index in [0.29, 0.717) is 32.2 Å². The van der Waals surface area contributed by atoms with Crippen molar-refractivity contribution in [3.05, 3.63) is 23.3 Å². The summed E-state index contributed by atoms with van der Waals surface area (Å²) in [7, 11) is 1.62. The van der Waals surface area contributed by atoms with Gasteiger partial charge in [0.15, 0.2) is 0 Å². The lowest BCUT2D eigenvalue weighted by Crippen LogP contribution is -2.43. The molecule has 2 aliphatic rings. The van der Waals surface area contributed by atoms with Crippen LogP contribution in [0.5, 0.6) is 11.5 Å². The first-order valence-corrected chi connectivity index (χ1v) is 9.10. The molecule has 1 saturated carbocycles. The summed E-state index contributed by atoms with van der Waals surface area (Å²) in [5.41, 5.74) is 1.99. The van der Waals surface area contributed by atoms with E-state index in [0.717, 1.165) is 29.0 Å². The normalized spacial score (nSPS) is 24.3. The minimum Gasteiger partial charge on any atom is -0.496 e. The van der Waals surface area contributed by atoms with Gasteiger partial charge in [-0.3, -0.25) is 4.79 Å². The molecule has 3 N–H and O–H groups in total. The molecule has 0 bridgehead atoms. The Labute approximate surface area is 153 Å². The number of nitrogens with one attached hydrogen (secondary N) is 2. The zero-order chi connectivity index (χ0) is 18.7. The number of urea groups is 1. The molecule has 142 valence electrons. The number of rotatable bonds is 5. The smallest absolute Gasteiger partial charge is 0.315 e. The SMILES string of the molecule is COc1cc2c(cc1CNC(=O)NC1CCC(C(=O)O)CC1)OC(C)C2. The first-order valence-electron chi connectivity index (χ1n) is 9.10. The highest BCUT2D eigenvalue weighted by Gasteiger charge is 2.27. The number of benzene rings is 1. The molecule has 1 aliphatic carbocycles. The lowest BCUT2D eigenvalue weighted by atomic mass is 9.86. The number of aliphatic carboxylic acids is 1. The van der Waals surface area contributed by atoms with Crippen LogP contribution in [0.2, 0.25) is 0 Å². The van der Waals surface area contributed by atoms with Crippen molar-refractivity contribution < 1.29 is 24.2 Å². The van der Waals surface area contributed by atoms with Crippen LogP contribution in [-0.2, 0) is 17.8 Å². The lowest BCUT2D eigenvalue weighted by Gasteiger charge is -2.26. The van der Waals surface area contributed by atoms with Crippen LogP contribution in [0.25, 0.3) is 0 Å². The zero-order valence-corrected chi connectivity index (χ0v) is 15.2. The Morgan fingerprint density at radius 1 is 1.27 bits per heavy atom. The number of hydrogen-bond donors (Lipinski definition) is 3. The van der Waals surface area contributed by atoms with Crippen molar-refractivity contribution in [3.8, 4) is 11.5 Å². The van der Waals surface area contributed by atoms with E-state index in [-0.39, 0.29) is 24.1 Å². The van der Waals surface area contributed by atoms with Gasteiger partial charge in [0.1, 0.15) is 17.6 Å². The van der Waals surface area contributed by atoms with Crippen LogP contribution in [0.4, 0.5) is 4.79 Å². The number of carbonyl (C=O) groups is 2. The molecule has 0 spiro atoms. The summed E-state index contributed by atoms with van der Waals surface area (Å²) in [5.74, 6) is 0.563. The molecular weight excluding hydrogens is 336 g/mol. The molecule has 0 radical (unpaired) electrons. The summed E-state index contributed by atoms with van der Waals surface area (Å²) in [6, 6.07) is 3.68. The number of ether oxygens (including phenoxy) is 2. The summed E-state index contributed by atoms with van der Waals surface area (Å²) >= 11 is 0. The fraction of sp³-hybridized carbons (Fsp3) is 0.579. The fourth-order valence-corrected chi connectivity index (χ4v) is 3.71. The van der Waals surface area contributed by atoms with Crippen molar-refractivity contribution in [2.75, 3.05) is 7.11 Å². The van der Waals surface area contributed by atoms with Crippen LogP contribution in [0, 0.1) is 5.92 Å². The van der Waals surface area contributed by atoms with E-state index in [1.807, 2.05) is 19.1 Å². The van der Waals surface area contributed by atoms with Crippen LogP contribution in [-0.4, -0.2) is 36.4 Å². The van der Waals surface area contributed by atoms with E-state index in [2.05, 4.69) is 10.6 Å². The van der Waals surface area contributed by atoms with E-state index in [1.54, 1.807) is 7.11 Å². The first-order chi connectivity index (χ1) is 12.5. The van der Waals surface area contributed by atoms with Crippen molar-refractivity contribution in [3.63, 3.8) is 0 Å². The third-order valence-electron chi connectivity index (χ3n) is 5.15. The van der Waals surface area contributed by atoms with Gasteiger partial charge in [-0.25, -0.2) is 4.79 Å². The van der Waals surface area contributed by atoms with Gasteiger partial charge in [0, 0.05) is 30.1 Å². The van der Waals surface area contributed by atoms with Gasteiger partial charge in [-0.2, -0.15) is 0 Å². The molecule has 26 heavy (non-hydrogen) atoms. The Balaban J connectivity index is 1.52. The summed E-state index contributed by atoms with van der Waals surface area (Å²) in [6.07, 6.45) is 3.61. The van der Waals surface area contributed by atoms with Crippen LogP contribution < -0.4 is 20.1 Å². The van der Waals surface area contributed by atoms with Crippen LogP contribution in [0.1, 0.15) is 43.7 Å². The van der Waals surface area contributed by atoms with E-state index in [4.69, 9.17) is 14.6 Å². The number of hydrogen-bond acceptors (Lipinski definition) is 4. The minimum atomic E-state index is -0.742. The van der Waals surface area contributed by atoms with Crippen molar-refractivity contribution in [2.24, 2.45) is 5.92 Å². The van der Waals surface area contributed by atoms with E-state index in [1.165, 1.54) is 0 Å². The quantitative estimate of drug-likeness (QED) is 0.748. The lowest BCUT2D eigenvalue weighted by molar-refractivity contribution is -0.142. The second-order valence-electron chi connectivity index (χ2n) is 7.12. The molecule has 2 amide bonds. The fourth-order valence-electron chi connectivity index (χ4n) is 3.71. The Hall–Kier alpha value is -2.44. The second-order valence-corrected chi connectivity index (χ2v) is 7.12. The predicted molar refractivity (Wildman–Crippen MR) is 95.5 cm³/mol. The van der Waals surface area contributed by atoms with Gasteiger partial charge < -0.3 is 25.2 Å². The number of carbonyl (C=O) groups excluding carboxylic acids is 1. The molecule has 3 rings (SSSR count). The standard InChI is InChI=1S/C19H26N2O5/c1-11-7-13-8-16(25-2)14(9-17(13)26-11)10-20-19(24)21-15-5-3-12(4-6-15)18(22)23/h8-9,11-12,15H,3-7,10H2,1-2H3,(H,22,23)(H2,20,21,24). The number of carboxylic acid groups (broad SMARTS) is 1. The van der Waals surface area contributed by atoms with Gasteiger partial charge in [0.05, 0.1) is 13.0 Å². The van der Waals surface area contributed by atoms with Crippen LogP contribution in [0.15, 0.2) is 12.1 Å². The van der Waals surface area contributed by atoms with E-state index < -0.39 is 5.97 Å². The van der Waals surface area contributed by atoms with E-state index in [9.17, 15) is 9.59 Å². The molecule has 1 aromatic carbocycles. The molecule has 0 aromatic heterocycles. The van der Waals surface area contributed by atoms with E-state index >= 15 is 0 Å². The largest absolute Gasteiger partial charge is 0.496 e. The molecule has 1 heterocycles. The summed E-state index contributed by atoms with van der Waals surface area (Å²) in [5, 5.41) is 14.8. The Morgan fingerprint density at radius 2 is 2.00 bits per heavy atom. The third-order valence-corrected chi connectivity index (χ3v) is 5.15. The molecule has 1 aliphatic heterocycles. The molecule has 0 saturated heterocycles.